The summed E-state index contributed by atoms with van der Waals surface area (Å²) in [6, 6.07) is 2.68. The second kappa shape index (κ2) is 4.17. The van der Waals surface area contributed by atoms with Crippen LogP contribution in [0.25, 0.3) is 0 Å². The van der Waals surface area contributed by atoms with Gasteiger partial charge in [0.05, 0.1) is 17.8 Å². The molecule has 17 heavy (non-hydrogen) atoms. The molecule has 6 nitrogen and oxygen atoms in total. The molecule has 1 aliphatic rings. The van der Waals surface area contributed by atoms with Gasteiger partial charge in [-0.15, -0.1) is 0 Å². The molecule has 0 aliphatic carbocycles. The molecule has 0 unspecified atom stereocenters. The van der Waals surface area contributed by atoms with Crippen LogP contribution >= 0.6 is 0 Å². The predicted octanol–water partition coefficient (Wildman–Crippen LogP) is 0.205. The van der Waals surface area contributed by atoms with Gasteiger partial charge < -0.3 is 5.11 Å². The molecule has 2 heterocycles. The van der Waals surface area contributed by atoms with Gasteiger partial charge in [-0.25, -0.2) is 4.79 Å². The minimum atomic E-state index is -1.08. The molecule has 1 aromatic rings. The Labute approximate surface area is 96.2 Å². The molecule has 0 saturated carbocycles. The third kappa shape index (κ3) is 2.20. The number of carboxylic acid groups (broad SMARTS) is 1. The number of imide groups is 1. The van der Waals surface area contributed by atoms with E-state index in [0.717, 1.165) is 4.90 Å². The highest BCUT2D eigenvalue weighted by Crippen LogP contribution is 2.10. The quantitative estimate of drug-likeness (QED) is 0.752. The number of rotatable bonds is 3. The number of nitrogens with zero attached hydrogens (tertiary/aromatic N) is 2. The van der Waals surface area contributed by atoms with Crippen LogP contribution in [0, 0.1) is 0 Å². The third-order valence-corrected chi connectivity index (χ3v) is 2.28. The van der Waals surface area contributed by atoms with Gasteiger partial charge in [0, 0.05) is 18.3 Å². The lowest BCUT2D eigenvalue weighted by Gasteiger charge is -2.12. The molecular weight excluding hydrogens is 224 g/mol. The number of carboxylic acids is 1. The summed E-state index contributed by atoms with van der Waals surface area (Å²) in [5, 5.41) is 8.79. The van der Waals surface area contributed by atoms with Gasteiger partial charge in [-0.1, -0.05) is 0 Å². The van der Waals surface area contributed by atoms with E-state index >= 15 is 0 Å². The van der Waals surface area contributed by atoms with Crippen molar-refractivity contribution in [1.29, 1.82) is 0 Å². The number of aromatic nitrogens is 1. The molecule has 0 atom stereocenters. The SMILES string of the molecule is O=C(O)c1ccnc(CN2C(=O)C=CC2=O)c1. The van der Waals surface area contributed by atoms with Gasteiger partial charge in [-0.2, -0.15) is 0 Å². The number of hydrogen-bond acceptors (Lipinski definition) is 4. The van der Waals surface area contributed by atoms with Crippen molar-refractivity contribution < 1.29 is 19.5 Å². The Hall–Kier alpha value is -2.50. The molecule has 0 saturated heterocycles. The van der Waals surface area contributed by atoms with Crippen molar-refractivity contribution in [3.63, 3.8) is 0 Å². The number of pyridine rings is 1. The van der Waals surface area contributed by atoms with Crippen LogP contribution in [0.3, 0.4) is 0 Å². The topological polar surface area (TPSA) is 87.6 Å². The Morgan fingerprint density at radius 1 is 1.29 bits per heavy atom. The van der Waals surface area contributed by atoms with Crippen molar-refractivity contribution >= 4 is 17.8 Å². The number of carbonyl (C=O) groups is 3. The van der Waals surface area contributed by atoms with Gasteiger partial charge in [0.1, 0.15) is 0 Å². The predicted molar refractivity (Wildman–Crippen MR) is 55.9 cm³/mol. The van der Waals surface area contributed by atoms with E-state index in [4.69, 9.17) is 5.11 Å². The maximum Gasteiger partial charge on any atom is 0.335 e. The van der Waals surface area contributed by atoms with Gasteiger partial charge in [-0.3, -0.25) is 19.5 Å². The van der Waals surface area contributed by atoms with E-state index < -0.39 is 17.8 Å². The second-order valence-electron chi connectivity index (χ2n) is 3.44. The van der Waals surface area contributed by atoms with Crippen LogP contribution in [0.4, 0.5) is 0 Å². The Kier molecular flexibility index (Phi) is 2.70. The average Bonchev–Trinajstić information content (AvgIpc) is 2.61. The minimum absolute atomic E-state index is 0.0220. The zero-order chi connectivity index (χ0) is 12.4. The van der Waals surface area contributed by atoms with Crippen LogP contribution in [-0.2, 0) is 16.1 Å². The van der Waals surface area contributed by atoms with Gasteiger partial charge in [0.15, 0.2) is 0 Å². The molecule has 1 N–H and O–H groups in total. The molecule has 2 rings (SSSR count). The van der Waals surface area contributed by atoms with Gasteiger partial charge in [-0.05, 0) is 12.1 Å². The Morgan fingerprint density at radius 2 is 1.94 bits per heavy atom. The lowest BCUT2D eigenvalue weighted by Crippen LogP contribution is -2.29. The zero-order valence-electron chi connectivity index (χ0n) is 8.66. The summed E-state index contributed by atoms with van der Waals surface area (Å²) in [5.74, 6) is -1.92. The summed E-state index contributed by atoms with van der Waals surface area (Å²) in [5.41, 5.74) is 0.428. The second-order valence-corrected chi connectivity index (χ2v) is 3.44. The molecule has 0 aromatic carbocycles. The van der Waals surface area contributed by atoms with Crippen molar-refractivity contribution in [2.45, 2.75) is 6.54 Å². The molecule has 0 radical (unpaired) electrons. The van der Waals surface area contributed by atoms with Crippen LogP contribution in [0.1, 0.15) is 16.1 Å². The van der Waals surface area contributed by atoms with Crippen LogP contribution in [-0.4, -0.2) is 32.8 Å². The molecular formula is C11H8N2O4. The molecule has 6 heteroatoms. The van der Waals surface area contributed by atoms with E-state index in [0.29, 0.717) is 5.69 Å². The van der Waals surface area contributed by atoms with Crippen molar-refractivity contribution in [2.75, 3.05) is 0 Å². The lowest BCUT2D eigenvalue weighted by atomic mass is 10.2. The van der Waals surface area contributed by atoms with Crippen LogP contribution in [0.5, 0.6) is 0 Å². The lowest BCUT2D eigenvalue weighted by molar-refractivity contribution is -0.137. The number of carbonyl (C=O) groups excluding carboxylic acids is 2. The summed E-state index contributed by atoms with van der Waals surface area (Å²) in [4.78, 5) is 38.2. The average molecular weight is 232 g/mol. The largest absolute Gasteiger partial charge is 0.478 e. The van der Waals surface area contributed by atoms with E-state index in [9.17, 15) is 14.4 Å². The number of amides is 2. The highest BCUT2D eigenvalue weighted by molar-refractivity contribution is 6.12. The molecule has 0 bridgehead atoms. The van der Waals surface area contributed by atoms with E-state index in [1.54, 1.807) is 0 Å². The highest BCUT2D eigenvalue weighted by Gasteiger charge is 2.23. The summed E-state index contributed by atoms with van der Waals surface area (Å²) in [7, 11) is 0. The summed E-state index contributed by atoms with van der Waals surface area (Å²) < 4.78 is 0. The highest BCUT2D eigenvalue weighted by atomic mass is 16.4. The fourth-order valence-corrected chi connectivity index (χ4v) is 1.45. The Balaban J connectivity index is 2.19. The Bertz CT molecular complexity index is 518. The van der Waals surface area contributed by atoms with E-state index in [1.807, 2.05) is 0 Å². The normalized spacial score (nSPS) is 14.5. The number of aromatic carboxylic acids is 1. The first-order valence-electron chi connectivity index (χ1n) is 4.79. The molecule has 0 fully saturated rings. The van der Waals surface area contributed by atoms with Crippen LogP contribution < -0.4 is 0 Å². The molecule has 86 valence electrons. The maximum absolute atomic E-state index is 11.3. The summed E-state index contributed by atoms with van der Waals surface area (Å²) >= 11 is 0. The fourth-order valence-electron chi connectivity index (χ4n) is 1.45. The van der Waals surface area contributed by atoms with Crippen LogP contribution in [0.15, 0.2) is 30.5 Å². The molecule has 1 aliphatic heterocycles. The zero-order valence-corrected chi connectivity index (χ0v) is 8.66. The first kappa shape index (κ1) is 11.0. The van der Waals surface area contributed by atoms with Gasteiger partial charge >= 0.3 is 5.97 Å². The first-order chi connectivity index (χ1) is 8.08. The fraction of sp³-hybridized carbons (Fsp3) is 0.0909. The molecule has 1 aromatic heterocycles. The van der Waals surface area contributed by atoms with Crippen molar-refractivity contribution in [3.05, 3.63) is 41.7 Å². The van der Waals surface area contributed by atoms with Crippen LogP contribution in [0.2, 0.25) is 0 Å². The standard InChI is InChI=1S/C11H8N2O4/c14-9-1-2-10(15)13(9)6-8-5-7(11(16)17)3-4-12-8/h1-5H,6H2,(H,16,17). The summed E-state index contributed by atoms with van der Waals surface area (Å²) in [6.45, 7) is -0.0220. The molecule has 0 spiro atoms. The summed E-state index contributed by atoms with van der Waals surface area (Å²) in [6.07, 6.45) is 3.67. The third-order valence-electron chi connectivity index (χ3n) is 2.28. The minimum Gasteiger partial charge on any atom is -0.478 e. The number of hydrogen-bond donors (Lipinski definition) is 1. The van der Waals surface area contributed by atoms with E-state index in [2.05, 4.69) is 4.98 Å². The van der Waals surface area contributed by atoms with E-state index in [1.165, 1.54) is 30.5 Å². The van der Waals surface area contributed by atoms with Gasteiger partial charge in [0.2, 0.25) is 0 Å². The molecule has 2 amide bonds. The van der Waals surface area contributed by atoms with E-state index in [-0.39, 0.29) is 12.1 Å². The van der Waals surface area contributed by atoms with Gasteiger partial charge in [0.25, 0.3) is 11.8 Å². The van der Waals surface area contributed by atoms with Crippen molar-refractivity contribution in [2.24, 2.45) is 0 Å². The maximum atomic E-state index is 11.3. The first-order valence-corrected chi connectivity index (χ1v) is 4.79. The smallest absolute Gasteiger partial charge is 0.335 e. The van der Waals surface area contributed by atoms with Crippen molar-refractivity contribution in [1.82, 2.24) is 9.88 Å². The Morgan fingerprint density at radius 3 is 2.53 bits per heavy atom. The monoisotopic (exact) mass is 232 g/mol. The van der Waals surface area contributed by atoms with Crippen molar-refractivity contribution in [3.8, 4) is 0 Å².